The van der Waals surface area contributed by atoms with Crippen LogP contribution >= 0.6 is 0 Å². The molecule has 1 aliphatic rings. The van der Waals surface area contributed by atoms with Gasteiger partial charge in [-0.25, -0.2) is 0 Å². The van der Waals surface area contributed by atoms with Gasteiger partial charge in [0, 0.05) is 36.0 Å². The van der Waals surface area contributed by atoms with Gasteiger partial charge in [-0.3, -0.25) is 14.5 Å². The summed E-state index contributed by atoms with van der Waals surface area (Å²) in [4.78, 5) is 14.9. The highest BCUT2D eigenvalue weighted by molar-refractivity contribution is 5.94. The molecule has 0 bridgehead atoms. The summed E-state index contributed by atoms with van der Waals surface area (Å²) >= 11 is 0. The molecule has 128 valence electrons. The fraction of sp³-hybridized carbons (Fsp3) is 0.333. The highest BCUT2D eigenvalue weighted by Gasteiger charge is 2.27. The third-order valence-electron chi connectivity index (χ3n) is 4.79. The molecule has 0 spiro atoms. The zero-order valence-electron chi connectivity index (χ0n) is 14.1. The van der Waals surface area contributed by atoms with Crippen LogP contribution in [0.25, 0.3) is 5.69 Å². The number of aromatic amines is 1. The van der Waals surface area contributed by atoms with E-state index >= 15 is 0 Å². The van der Waals surface area contributed by atoms with Gasteiger partial charge >= 0.3 is 0 Å². The molecule has 1 aromatic carbocycles. The average molecular weight is 336 g/mol. The molecule has 4 rings (SSSR count). The first-order valence-electron chi connectivity index (χ1n) is 8.46. The third-order valence-corrected chi connectivity index (χ3v) is 4.79. The van der Waals surface area contributed by atoms with E-state index in [4.69, 9.17) is 0 Å². The number of nitrogens with zero attached hydrogens (tertiary/aromatic N) is 5. The maximum Gasteiger partial charge on any atom is 0.253 e. The molecule has 1 amide bonds. The Morgan fingerprint density at radius 2 is 2.12 bits per heavy atom. The van der Waals surface area contributed by atoms with Crippen molar-refractivity contribution >= 4 is 5.91 Å². The lowest BCUT2D eigenvalue weighted by Crippen LogP contribution is -2.39. The molecule has 7 heteroatoms. The van der Waals surface area contributed by atoms with E-state index in [1.165, 1.54) is 0 Å². The molecule has 1 aliphatic heterocycles. The van der Waals surface area contributed by atoms with Gasteiger partial charge in [0.1, 0.15) is 12.7 Å². The number of carbonyl (C=O) groups is 1. The standard InChI is InChI=1S/C18H20N6O/c1-13-9-19-22-17(13)15-5-3-7-23(10-15)18(25)14-4-2-6-16(8-14)24-11-20-21-12-24/h2,4,6,8-9,11-12,15H,3,5,7,10H2,1H3,(H,19,22)/t15-/m1/s1. The predicted octanol–water partition coefficient (Wildman–Crippen LogP) is 2.32. The lowest BCUT2D eigenvalue weighted by atomic mass is 9.92. The second-order valence-corrected chi connectivity index (χ2v) is 6.48. The van der Waals surface area contributed by atoms with Crippen molar-refractivity contribution < 1.29 is 4.79 Å². The zero-order chi connectivity index (χ0) is 17.2. The normalized spacial score (nSPS) is 17.6. The molecule has 25 heavy (non-hydrogen) atoms. The minimum absolute atomic E-state index is 0.0665. The first-order chi connectivity index (χ1) is 12.2. The highest BCUT2D eigenvalue weighted by Crippen LogP contribution is 2.28. The Hall–Kier alpha value is -2.96. The summed E-state index contributed by atoms with van der Waals surface area (Å²) < 4.78 is 1.80. The zero-order valence-corrected chi connectivity index (χ0v) is 14.1. The predicted molar refractivity (Wildman–Crippen MR) is 92.6 cm³/mol. The number of hydrogen-bond donors (Lipinski definition) is 1. The van der Waals surface area contributed by atoms with Gasteiger partial charge in [0.15, 0.2) is 0 Å². The maximum atomic E-state index is 13.0. The number of aryl methyl sites for hydroxylation is 1. The number of likely N-dealkylation sites (tertiary alicyclic amines) is 1. The molecule has 1 atom stereocenters. The second-order valence-electron chi connectivity index (χ2n) is 6.48. The van der Waals surface area contributed by atoms with Crippen LogP contribution in [0.2, 0.25) is 0 Å². The maximum absolute atomic E-state index is 13.0. The smallest absolute Gasteiger partial charge is 0.253 e. The molecule has 1 saturated heterocycles. The lowest BCUT2D eigenvalue weighted by molar-refractivity contribution is 0.0705. The highest BCUT2D eigenvalue weighted by atomic mass is 16.2. The average Bonchev–Trinajstić information content (AvgIpc) is 3.33. The van der Waals surface area contributed by atoms with Crippen LogP contribution in [0.4, 0.5) is 0 Å². The van der Waals surface area contributed by atoms with Crippen molar-refractivity contribution in [2.45, 2.75) is 25.7 Å². The van der Waals surface area contributed by atoms with Crippen molar-refractivity contribution in [3.05, 3.63) is 59.9 Å². The summed E-state index contributed by atoms with van der Waals surface area (Å²) in [6.45, 7) is 3.57. The fourth-order valence-corrected chi connectivity index (χ4v) is 3.48. The molecule has 3 heterocycles. The Morgan fingerprint density at radius 1 is 1.28 bits per heavy atom. The Morgan fingerprint density at radius 3 is 2.88 bits per heavy atom. The van der Waals surface area contributed by atoms with Crippen molar-refractivity contribution in [1.29, 1.82) is 0 Å². The molecule has 0 radical (unpaired) electrons. The first-order valence-corrected chi connectivity index (χ1v) is 8.46. The van der Waals surface area contributed by atoms with Crippen molar-refractivity contribution in [2.75, 3.05) is 13.1 Å². The van der Waals surface area contributed by atoms with E-state index in [9.17, 15) is 4.79 Å². The van der Waals surface area contributed by atoms with Crippen LogP contribution in [-0.4, -0.2) is 48.9 Å². The molecule has 3 aromatic rings. The number of H-pyrrole nitrogens is 1. The number of nitrogens with one attached hydrogen (secondary N) is 1. The molecule has 0 aliphatic carbocycles. The van der Waals surface area contributed by atoms with Crippen LogP contribution in [0.15, 0.2) is 43.1 Å². The van der Waals surface area contributed by atoms with Crippen LogP contribution < -0.4 is 0 Å². The van der Waals surface area contributed by atoms with Crippen molar-refractivity contribution in [2.24, 2.45) is 0 Å². The first kappa shape index (κ1) is 15.6. The number of amides is 1. The molecule has 1 fully saturated rings. The number of aromatic nitrogens is 5. The van der Waals surface area contributed by atoms with Crippen molar-refractivity contribution in [1.82, 2.24) is 29.9 Å². The molecule has 0 saturated carbocycles. The molecular weight excluding hydrogens is 316 g/mol. The van der Waals surface area contributed by atoms with E-state index in [1.54, 1.807) is 17.2 Å². The summed E-state index contributed by atoms with van der Waals surface area (Å²) in [5, 5.41) is 14.9. The summed E-state index contributed by atoms with van der Waals surface area (Å²) in [6.07, 6.45) is 7.18. The number of piperidine rings is 1. The van der Waals surface area contributed by atoms with Gasteiger partial charge in [-0.1, -0.05) is 6.07 Å². The van der Waals surface area contributed by atoms with E-state index in [-0.39, 0.29) is 5.91 Å². The Bertz CT molecular complexity index is 869. The molecule has 1 N–H and O–H groups in total. The van der Waals surface area contributed by atoms with Crippen LogP contribution in [0.3, 0.4) is 0 Å². The van der Waals surface area contributed by atoms with Gasteiger partial charge in [-0.15, -0.1) is 10.2 Å². The minimum atomic E-state index is 0.0665. The van der Waals surface area contributed by atoms with Gasteiger partial charge < -0.3 is 4.90 Å². The Kier molecular flexibility index (Phi) is 4.05. The van der Waals surface area contributed by atoms with Gasteiger partial charge in [0.05, 0.1) is 6.20 Å². The van der Waals surface area contributed by atoms with Crippen LogP contribution in [-0.2, 0) is 0 Å². The number of carbonyl (C=O) groups excluding carboxylic acids is 1. The van der Waals surface area contributed by atoms with E-state index in [1.807, 2.05) is 35.4 Å². The summed E-state index contributed by atoms with van der Waals surface area (Å²) in [5.74, 6) is 0.387. The van der Waals surface area contributed by atoms with Crippen LogP contribution in [0, 0.1) is 6.92 Å². The van der Waals surface area contributed by atoms with Crippen molar-refractivity contribution in [3.63, 3.8) is 0 Å². The molecule has 7 nitrogen and oxygen atoms in total. The number of benzene rings is 1. The van der Waals surface area contributed by atoms with E-state index in [0.29, 0.717) is 11.5 Å². The third kappa shape index (κ3) is 3.05. The Labute approximate surface area is 145 Å². The van der Waals surface area contributed by atoms with Crippen molar-refractivity contribution in [3.8, 4) is 5.69 Å². The monoisotopic (exact) mass is 336 g/mol. The largest absolute Gasteiger partial charge is 0.338 e. The second kappa shape index (κ2) is 6.51. The van der Waals surface area contributed by atoms with E-state index < -0.39 is 0 Å². The fourth-order valence-electron chi connectivity index (χ4n) is 3.48. The minimum Gasteiger partial charge on any atom is -0.338 e. The van der Waals surface area contributed by atoms with Crippen LogP contribution in [0.5, 0.6) is 0 Å². The summed E-state index contributed by atoms with van der Waals surface area (Å²) in [6, 6.07) is 7.58. The van der Waals surface area contributed by atoms with Gasteiger partial charge in [-0.2, -0.15) is 5.10 Å². The molecule has 2 aromatic heterocycles. The Balaban J connectivity index is 1.54. The van der Waals surface area contributed by atoms with Crippen LogP contribution in [0.1, 0.15) is 40.4 Å². The summed E-state index contributed by atoms with van der Waals surface area (Å²) in [7, 11) is 0. The molecule has 0 unspecified atom stereocenters. The van der Waals surface area contributed by atoms with E-state index in [0.717, 1.165) is 42.9 Å². The lowest BCUT2D eigenvalue weighted by Gasteiger charge is -2.32. The summed E-state index contributed by atoms with van der Waals surface area (Å²) in [5.41, 5.74) is 3.88. The van der Waals surface area contributed by atoms with Gasteiger partial charge in [0.25, 0.3) is 5.91 Å². The number of rotatable bonds is 3. The number of hydrogen-bond acceptors (Lipinski definition) is 4. The topological polar surface area (TPSA) is 79.7 Å². The quantitative estimate of drug-likeness (QED) is 0.796. The van der Waals surface area contributed by atoms with E-state index in [2.05, 4.69) is 27.3 Å². The van der Waals surface area contributed by atoms with Gasteiger partial charge in [0.2, 0.25) is 0 Å². The SMILES string of the molecule is Cc1cn[nH]c1[C@@H]1CCCN(C(=O)c2cccc(-n3cnnc3)c2)C1. The van der Waals surface area contributed by atoms with Gasteiger partial charge in [-0.05, 0) is 43.5 Å². The molecular formula is C18H20N6O.